The summed E-state index contributed by atoms with van der Waals surface area (Å²) in [4.78, 5) is 12.1. The van der Waals surface area contributed by atoms with E-state index in [9.17, 15) is 4.79 Å². The Labute approximate surface area is 137 Å². The van der Waals surface area contributed by atoms with Gasteiger partial charge in [0.2, 0.25) is 0 Å². The van der Waals surface area contributed by atoms with Gasteiger partial charge in [-0.25, -0.2) is 0 Å². The van der Waals surface area contributed by atoms with Gasteiger partial charge in [-0.15, -0.1) is 0 Å². The quantitative estimate of drug-likeness (QED) is 0.794. The SMILES string of the molecule is O=C(NCCCC1CCCC1)c1ccc(Cn2cccn2)cc1. The van der Waals surface area contributed by atoms with E-state index in [-0.39, 0.29) is 5.91 Å². The predicted octanol–water partition coefficient (Wildman–Crippen LogP) is 3.63. The summed E-state index contributed by atoms with van der Waals surface area (Å²) in [7, 11) is 0. The molecule has 1 N–H and O–H groups in total. The average Bonchev–Trinajstić information content (AvgIpc) is 3.26. The first-order chi connectivity index (χ1) is 11.3. The van der Waals surface area contributed by atoms with Crippen molar-refractivity contribution in [3.05, 3.63) is 53.9 Å². The number of nitrogens with one attached hydrogen (secondary N) is 1. The van der Waals surface area contributed by atoms with Gasteiger partial charge in [0.25, 0.3) is 5.91 Å². The zero-order valence-corrected chi connectivity index (χ0v) is 13.6. The second-order valence-electron chi connectivity index (χ2n) is 6.45. The molecule has 4 nitrogen and oxygen atoms in total. The highest BCUT2D eigenvalue weighted by Gasteiger charge is 2.14. The fourth-order valence-electron chi connectivity index (χ4n) is 3.34. The monoisotopic (exact) mass is 311 g/mol. The summed E-state index contributed by atoms with van der Waals surface area (Å²) in [5.74, 6) is 0.926. The van der Waals surface area contributed by atoms with E-state index in [2.05, 4.69) is 10.4 Å². The molecule has 1 amide bonds. The van der Waals surface area contributed by atoms with Crippen molar-refractivity contribution in [3.8, 4) is 0 Å². The van der Waals surface area contributed by atoms with E-state index in [1.54, 1.807) is 6.20 Å². The normalized spacial score (nSPS) is 15.0. The second-order valence-corrected chi connectivity index (χ2v) is 6.45. The Kier molecular flexibility index (Phi) is 5.46. The smallest absolute Gasteiger partial charge is 0.251 e. The van der Waals surface area contributed by atoms with E-state index in [1.165, 1.54) is 32.1 Å². The summed E-state index contributed by atoms with van der Waals surface area (Å²) in [6, 6.07) is 9.69. The van der Waals surface area contributed by atoms with E-state index in [0.717, 1.165) is 36.6 Å². The first kappa shape index (κ1) is 15.8. The van der Waals surface area contributed by atoms with Gasteiger partial charge in [0.15, 0.2) is 0 Å². The maximum absolute atomic E-state index is 12.1. The molecule has 0 atom stereocenters. The third-order valence-corrected chi connectivity index (χ3v) is 4.67. The molecule has 1 saturated carbocycles. The predicted molar refractivity (Wildman–Crippen MR) is 91.3 cm³/mol. The lowest BCUT2D eigenvalue weighted by molar-refractivity contribution is 0.0952. The number of aromatic nitrogens is 2. The number of nitrogens with zero attached hydrogens (tertiary/aromatic N) is 2. The third-order valence-electron chi connectivity index (χ3n) is 4.67. The van der Waals surface area contributed by atoms with Crippen LogP contribution in [-0.2, 0) is 6.54 Å². The summed E-state index contributed by atoms with van der Waals surface area (Å²) >= 11 is 0. The topological polar surface area (TPSA) is 46.9 Å². The van der Waals surface area contributed by atoms with Crippen molar-refractivity contribution >= 4 is 5.91 Å². The summed E-state index contributed by atoms with van der Waals surface area (Å²) in [5.41, 5.74) is 1.88. The number of rotatable bonds is 7. The molecule has 0 unspecified atom stereocenters. The average molecular weight is 311 g/mol. The van der Waals surface area contributed by atoms with Gasteiger partial charge in [0.1, 0.15) is 0 Å². The third kappa shape index (κ3) is 4.68. The molecule has 2 aromatic rings. The fourth-order valence-corrected chi connectivity index (χ4v) is 3.34. The van der Waals surface area contributed by atoms with Crippen LogP contribution in [0.15, 0.2) is 42.7 Å². The highest BCUT2D eigenvalue weighted by Crippen LogP contribution is 2.28. The molecule has 0 aliphatic heterocycles. The van der Waals surface area contributed by atoms with Crippen LogP contribution in [0.3, 0.4) is 0 Å². The minimum absolute atomic E-state index is 0.0297. The Balaban J connectivity index is 1.42. The number of carbonyl (C=O) groups is 1. The fraction of sp³-hybridized carbons (Fsp3) is 0.474. The Morgan fingerprint density at radius 3 is 2.70 bits per heavy atom. The Hall–Kier alpha value is -2.10. The lowest BCUT2D eigenvalue weighted by Crippen LogP contribution is -2.24. The van der Waals surface area contributed by atoms with Crippen molar-refractivity contribution in [2.75, 3.05) is 6.54 Å². The molecule has 0 radical (unpaired) electrons. The van der Waals surface area contributed by atoms with Gasteiger partial charge in [-0.2, -0.15) is 5.10 Å². The van der Waals surface area contributed by atoms with Crippen LogP contribution in [0, 0.1) is 5.92 Å². The van der Waals surface area contributed by atoms with Crippen molar-refractivity contribution in [1.82, 2.24) is 15.1 Å². The summed E-state index contributed by atoms with van der Waals surface area (Å²) < 4.78 is 1.87. The molecule has 1 aliphatic rings. The van der Waals surface area contributed by atoms with Gasteiger partial charge in [-0.05, 0) is 42.5 Å². The van der Waals surface area contributed by atoms with Gasteiger partial charge >= 0.3 is 0 Å². The Morgan fingerprint density at radius 1 is 1.22 bits per heavy atom. The van der Waals surface area contributed by atoms with Crippen molar-refractivity contribution in [2.45, 2.75) is 45.1 Å². The molecule has 122 valence electrons. The maximum Gasteiger partial charge on any atom is 0.251 e. The molecule has 1 aliphatic carbocycles. The first-order valence-electron chi connectivity index (χ1n) is 8.66. The van der Waals surface area contributed by atoms with Gasteiger partial charge in [-0.1, -0.05) is 37.8 Å². The molecule has 1 fully saturated rings. The zero-order chi connectivity index (χ0) is 15.9. The summed E-state index contributed by atoms with van der Waals surface area (Å²) in [6.45, 7) is 1.51. The lowest BCUT2D eigenvalue weighted by Gasteiger charge is -2.09. The van der Waals surface area contributed by atoms with Crippen molar-refractivity contribution in [3.63, 3.8) is 0 Å². The van der Waals surface area contributed by atoms with Crippen LogP contribution in [0.2, 0.25) is 0 Å². The molecule has 1 heterocycles. The molecule has 1 aromatic carbocycles. The minimum Gasteiger partial charge on any atom is -0.352 e. The van der Waals surface area contributed by atoms with Crippen molar-refractivity contribution in [1.29, 1.82) is 0 Å². The number of amides is 1. The molecule has 4 heteroatoms. The first-order valence-corrected chi connectivity index (χ1v) is 8.66. The van der Waals surface area contributed by atoms with Crippen LogP contribution >= 0.6 is 0 Å². The largest absolute Gasteiger partial charge is 0.352 e. The summed E-state index contributed by atoms with van der Waals surface area (Å²) in [5, 5.41) is 7.22. The van der Waals surface area contributed by atoms with Crippen molar-refractivity contribution in [2.24, 2.45) is 5.92 Å². The van der Waals surface area contributed by atoms with E-state index < -0.39 is 0 Å². The van der Waals surface area contributed by atoms with E-state index >= 15 is 0 Å². The molecule has 0 bridgehead atoms. The highest BCUT2D eigenvalue weighted by molar-refractivity contribution is 5.94. The highest BCUT2D eigenvalue weighted by atomic mass is 16.1. The molecular formula is C19H25N3O. The molecule has 0 spiro atoms. The maximum atomic E-state index is 12.1. The number of benzene rings is 1. The molecule has 3 rings (SSSR count). The van der Waals surface area contributed by atoms with Crippen LogP contribution < -0.4 is 5.32 Å². The van der Waals surface area contributed by atoms with Crippen LogP contribution in [0.4, 0.5) is 0 Å². The lowest BCUT2D eigenvalue weighted by atomic mass is 10.0. The van der Waals surface area contributed by atoms with E-state index in [0.29, 0.717) is 0 Å². The number of hydrogen-bond donors (Lipinski definition) is 1. The number of carbonyl (C=O) groups excluding carboxylic acids is 1. The van der Waals surface area contributed by atoms with E-state index in [1.807, 2.05) is 41.2 Å². The standard InChI is InChI=1S/C19H25N3O/c23-19(20-12-3-7-16-5-1-2-6-16)18-10-8-17(9-11-18)15-22-14-4-13-21-22/h4,8-11,13-14,16H,1-3,5-7,12,15H2,(H,20,23). The minimum atomic E-state index is 0.0297. The molecule has 23 heavy (non-hydrogen) atoms. The van der Waals surface area contributed by atoms with Crippen LogP contribution in [0.25, 0.3) is 0 Å². The van der Waals surface area contributed by atoms with E-state index in [4.69, 9.17) is 0 Å². The molecule has 0 saturated heterocycles. The van der Waals surface area contributed by atoms with Gasteiger partial charge < -0.3 is 5.32 Å². The van der Waals surface area contributed by atoms with Gasteiger partial charge in [0.05, 0.1) is 6.54 Å². The van der Waals surface area contributed by atoms with Crippen LogP contribution in [0.1, 0.15) is 54.4 Å². The summed E-state index contributed by atoms with van der Waals surface area (Å²) in [6.07, 6.45) is 11.6. The number of hydrogen-bond acceptors (Lipinski definition) is 2. The van der Waals surface area contributed by atoms with Gasteiger partial charge in [-0.3, -0.25) is 9.48 Å². The van der Waals surface area contributed by atoms with Gasteiger partial charge in [0, 0.05) is 24.5 Å². The zero-order valence-electron chi connectivity index (χ0n) is 13.6. The molecule has 1 aromatic heterocycles. The van der Waals surface area contributed by atoms with Crippen LogP contribution in [0.5, 0.6) is 0 Å². The van der Waals surface area contributed by atoms with Crippen LogP contribution in [-0.4, -0.2) is 22.2 Å². The van der Waals surface area contributed by atoms with Crippen molar-refractivity contribution < 1.29 is 4.79 Å². The Morgan fingerprint density at radius 2 is 2.00 bits per heavy atom. The molecular weight excluding hydrogens is 286 g/mol. The Bertz CT molecular complexity index is 598. The second kappa shape index (κ2) is 7.95.